The van der Waals surface area contributed by atoms with Crippen LogP contribution >= 0.6 is 0 Å². The molecule has 1 aliphatic rings. The topological polar surface area (TPSA) is 49.4 Å². The summed E-state index contributed by atoms with van der Waals surface area (Å²) in [5.74, 6) is -0.291. The number of para-hydroxylation sites is 1. The van der Waals surface area contributed by atoms with Gasteiger partial charge in [0.25, 0.3) is 5.91 Å². The first kappa shape index (κ1) is 18.2. The lowest BCUT2D eigenvalue weighted by molar-refractivity contribution is -0.117. The number of nitrogens with one attached hydrogen (secondary N) is 1. The fourth-order valence-corrected chi connectivity index (χ4v) is 3.52. The minimum Gasteiger partial charge on any atom is -0.339 e. The lowest BCUT2D eigenvalue weighted by Gasteiger charge is -2.27. The number of hydrogen-bond acceptors (Lipinski definition) is 2. The first-order chi connectivity index (χ1) is 12.7. The number of benzene rings is 2. The van der Waals surface area contributed by atoms with E-state index in [2.05, 4.69) is 5.32 Å². The van der Waals surface area contributed by atoms with Crippen LogP contribution in [0.5, 0.6) is 0 Å². The number of carbonyl (C=O) groups excluding carboxylic acids is 2. The summed E-state index contributed by atoms with van der Waals surface area (Å²) in [5.41, 5.74) is 2.17. The Morgan fingerprint density at radius 1 is 0.962 bits per heavy atom. The fraction of sp³-hybridized carbons (Fsp3) is 0.364. The summed E-state index contributed by atoms with van der Waals surface area (Å²) in [6.45, 7) is 3.59. The minimum absolute atomic E-state index is 0.00774. The standard InChI is InChI=1S/C22H26N2O2/c1-2-18(17-11-5-3-6-12-17)21(25)23-20-14-8-7-13-19(20)22(26)24-15-9-4-10-16-24/h3,5-8,11-14,18H,2,4,9-10,15-16H2,1H3,(H,23,25). The maximum absolute atomic E-state index is 12.9. The van der Waals surface area contributed by atoms with Crippen molar-refractivity contribution >= 4 is 17.5 Å². The molecule has 1 fully saturated rings. The van der Waals surface area contributed by atoms with E-state index in [1.165, 1.54) is 6.42 Å². The van der Waals surface area contributed by atoms with E-state index in [0.29, 0.717) is 17.7 Å². The highest BCUT2D eigenvalue weighted by Crippen LogP contribution is 2.24. The van der Waals surface area contributed by atoms with Gasteiger partial charge < -0.3 is 10.2 Å². The third-order valence-corrected chi connectivity index (χ3v) is 4.99. The second-order valence-corrected chi connectivity index (χ2v) is 6.76. The van der Waals surface area contributed by atoms with E-state index in [1.807, 2.05) is 60.4 Å². The van der Waals surface area contributed by atoms with Crippen molar-refractivity contribution in [1.29, 1.82) is 0 Å². The first-order valence-electron chi connectivity index (χ1n) is 9.45. The molecule has 0 radical (unpaired) electrons. The molecule has 1 aliphatic heterocycles. The van der Waals surface area contributed by atoms with Gasteiger partial charge in [0, 0.05) is 13.1 Å². The molecule has 1 heterocycles. The van der Waals surface area contributed by atoms with Gasteiger partial charge in [0.15, 0.2) is 0 Å². The predicted octanol–water partition coefficient (Wildman–Crippen LogP) is 4.45. The van der Waals surface area contributed by atoms with E-state index in [1.54, 1.807) is 6.07 Å². The fourth-order valence-electron chi connectivity index (χ4n) is 3.52. The van der Waals surface area contributed by atoms with Gasteiger partial charge in [-0.15, -0.1) is 0 Å². The Kier molecular flexibility index (Phi) is 6.05. The Labute approximate surface area is 155 Å². The monoisotopic (exact) mass is 350 g/mol. The zero-order valence-corrected chi connectivity index (χ0v) is 15.3. The number of amides is 2. The van der Waals surface area contributed by atoms with Gasteiger partial charge in [-0.2, -0.15) is 0 Å². The Balaban J connectivity index is 1.79. The number of carbonyl (C=O) groups is 2. The van der Waals surface area contributed by atoms with E-state index in [0.717, 1.165) is 31.5 Å². The Bertz CT molecular complexity index is 752. The maximum atomic E-state index is 12.9. The van der Waals surface area contributed by atoms with Crippen LogP contribution in [0.1, 0.15) is 54.4 Å². The highest BCUT2D eigenvalue weighted by molar-refractivity contribution is 6.05. The molecular weight excluding hydrogens is 324 g/mol. The van der Waals surface area contributed by atoms with E-state index in [9.17, 15) is 9.59 Å². The van der Waals surface area contributed by atoms with E-state index < -0.39 is 0 Å². The molecule has 1 N–H and O–H groups in total. The van der Waals surface area contributed by atoms with Crippen LogP contribution in [0.15, 0.2) is 54.6 Å². The highest BCUT2D eigenvalue weighted by Gasteiger charge is 2.23. The number of piperidine rings is 1. The van der Waals surface area contributed by atoms with Gasteiger partial charge in [-0.1, -0.05) is 49.4 Å². The van der Waals surface area contributed by atoms with Gasteiger partial charge in [-0.3, -0.25) is 9.59 Å². The van der Waals surface area contributed by atoms with E-state index in [-0.39, 0.29) is 17.7 Å². The molecule has 26 heavy (non-hydrogen) atoms. The van der Waals surface area contributed by atoms with Crippen LogP contribution in [0.4, 0.5) is 5.69 Å². The summed E-state index contributed by atoms with van der Waals surface area (Å²) in [6.07, 6.45) is 3.98. The molecule has 2 aromatic rings. The van der Waals surface area contributed by atoms with Crippen molar-refractivity contribution in [1.82, 2.24) is 4.90 Å². The van der Waals surface area contributed by atoms with Crippen LogP contribution in [0, 0.1) is 0 Å². The van der Waals surface area contributed by atoms with Gasteiger partial charge in [-0.25, -0.2) is 0 Å². The molecule has 4 nitrogen and oxygen atoms in total. The largest absolute Gasteiger partial charge is 0.339 e. The molecule has 2 amide bonds. The number of anilines is 1. The van der Waals surface area contributed by atoms with Crippen LogP contribution in [-0.4, -0.2) is 29.8 Å². The molecule has 2 aromatic carbocycles. The Morgan fingerprint density at radius 3 is 2.31 bits per heavy atom. The van der Waals surface area contributed by atoms with Crippen molar-refractivity contribution in [2.75, 3.05) is 18.4 Å². The zero-order valence-electron chi connectivity index (χ0n) is 15.3. The second-order valence-electron chi connectivity index (χ2n) is 6.76. The van der Waals surface area contributed by atoms with Crippen LogP contribution in [0.25, 0.3) is 0 Å². The maximum Gasteiger partial charge on any atom is 0.255 e. The van der Waals surface area contributed by atoms with Crippen LogP contribution in [0.2, 0.25) is 0 Å². The average molecular weight is 350 g/mol. The number of likely N-dealkylation sites (tertiary alicyclic amines) is 1. The summed E-state index contributed by atoms with van der Waals surface area (Å²) in [6, 6.07) is 17.1. The molecule has 1 atom stereocenters. The molecule has 0 aromatic heterocycles. The summed E-state index contributed by atoms with van der Waals surface area (Å²) in [5, 5.41) is 2.99. The first-order valence-corrected chi connectivity index (χ1v) is 9.45. The third kappa shape index (κ3) is 4.13. The van der Waals surface area contributed by atoms with Crippen molar-refractivity contribution in [3.05, 3.63) is 65.7 Å². The molecule has 1 saturated heterocycles. The van der Waals surface area contributed by atoms with Crippen LogP contribution in [0.3, 0.4) is 0 Å². The molecular formula is C22H26N2O2. The van der Waals surface area contributed by atoms with Gasteiger partial charge in [0.2, 0.25) is 5.91 Å². The third-order valence-electron chi connectivity index (χ3n) is 4.99. The molecule has 0 aliphatic carbocycles. The minimum atomic E-state index is -0.227. The molecule has 0 saturated carbocycles. The number of nitrogens with zero attached hydrogens (tertiary/aromatic N) is 1. The Morgan fingerprint density at radius 2 is 1.62 bits per heavy atom. The van der Waals surface area contributed by atoms with Crippen LogP contribution in [-0.2, 0) is 4.79 Å². The molecule has 136 valence electrons. The van der Waals surface area contributed by atoms with Crippen LogP contribution < -0.4 is 5.32 Å². The zero-order chi connectivity index (χ0) is 18.4. The van der Waals surface area contributed by atoms with Gasteiger partial charge in [-0.05, 0) is 43.4 Å². The smallest absolute Gasteiger partial charge is 0.255 e. The predicted molar refractivity (Wildman–Crippen MR) is 104 cm³/mol. The van der Waals surface area contributed by atoms with Crippen molar-refractivity contribution in [2.24, 2.45) is 0 Å². The summed E-state index contributed by atoms with van der Waals surface area (Å²) in [4.78, 5) is 27.6. The van der Waals surface area contributed by atoms with Gasteiger partial charge in [0.05, 0.1) is 17.2 Å². The SMILES string of the molecule is CCC(C(=O)Nc1ccccc1C(=O)N1CCCCC1)c1ccccc1. The van der Waals surface area contributed by atoms with Gasteiger partial charge in [0.1, 0.15) is 0 Å². The molecule has 3 rings (SSSR count). The molecule has 0 bridgehead atoms. The van der Waals surface area contributed by atoms with Crippen molar-refractivity contribution in [3.63, 3.8) is 0 Å². The van der Waals surface area contributed by atoms with Crippen molar-refractivity contribution in [2.45, 2.75) is 38.5 Å². The summed E-state index contributed by atoms with van der Waals surface area (Å²) in [7, 11) is 0. The Hall–Kier alpha value is -2.62. The normalized spacial score (nSPS) is 15.3. The van der Waals surface area contributed by atoms with Gasteiger partial charge >= 0.3 is 0 Å². The molecule has 4 heteroatoms. The average Bonchev–Trinajstić information content (AvgIpc) is 2.70. The lowest BCUT2D eigenvalue weighted by Crippen LogP contribution is -2.36. The quantitative estimate of drug-likeness (QED) is 0.866. The number of rotatable bonds is 5. The van der Waals surface area contributed by atoms with Crippen molar-refractivity contribution in [3.8, 4) is 0 Å². The molecule has 1 unspecified atom stereocenters. The summed E-state index contributed by atoms with van der Waals surface area (Å²) >= 11 is 0. The van der Waals surface area contributed by atoms with Crippen molar-refractivity contribution < 1.29 is 9.59 Å². The second kappa shape index (κ2) is 8.65. The van der Waals surface area contributed by atoms with E-state index in [4.69, 9.17) is 0 Å². The number of hydrogen-bond donors (Lipinski definition) is 1. The highest BCUT2D eigenvalue weighted by atomic mass is 16.2. The lowest BCUT2D eigenvalue weighted by atomic mass is 9.95. The summed E-state index contributed by atoms with van der Waals surface area (Å²) < 4.78 is 0. The molecule has 0 spiro atoms. The van der Waals surface area contributed by atoms with E-state index >= 15 is 0 Å².